The second kappa shape index (κ2) is 11.1. The number of alkyl halides is 5. The Morgan fingerprint density at radius 2 is 1.55 bits per heavy atom. The molecule has 0 spiro atoms. The lowest BCUT2D eigenvalue weighted by molar-refractivity contribution is -0.140. The van der Waals surface area contributed by atoms with Gasteiger partial charge in [-0.2, -0.15) is 13.2 Å². The SMILES string of the molecule is CC1(C(=O)Nc2c(F)ccc(NC(=O)c3cc(NC(=O)[C@H]4[C@H](c5ccc(F)c(C(F)(F)F)c5)C4(Cl)Cl)ccc3Cl)c2F)CC1. The zero-order valence-electron chi connectivity index (χ0n) is 22.3. The number of hydrogen-bond donors (Lipinski definition) is 3. The van der Waals surface area contributed by atoms with Crippen molar-refractivity contribution in [3.8, 4) is 0 Å². The van der Waals surface area contributed by atoms with Crippen molar-refractivity contribution < 1.29 is 40.7 Å². The molecule has 0 aliphatic heterocycles. The molecule has 3 amide bonds. The molecule has 2 aliphatic carbocycles. The van der Waals surface area contributed by atoms with Crippen molar-refractivity contribution >= 4 is 69.6 Å². The summed E-state index contributed by atoms with van der Waals surface area (Å²) >= 11 is 18.6. The molecule has 0 aromatic heterocycles. The molecular weight excluding hydrogens is 659 g/mol. The van der Waals surface area contributed by atoms with Gasteiger partial charge in [-0.05, 0) is 60.9 Å². The van der Waals surface area contributed by atoms with Gasteiger partial charge in [0.05, 0.1) is 27.8 Å². The van der Waals surface area contributed by atoms with Crippen LogP contribution in [0.3, 0.4) is 0 Å². The number of rotatable bonds is 7. The predicted octanol–water partition coefficient (Wildman–Crippen LogP) is 8.29. The highest BCUT2D eigenvalue weighted by Gasteiger charge is 2.67. The lowest BCUT2D eigenvalue weighted by Gasteiger charge is -2.15. The van der Waals surface area contributed by atoms with Gasteiger partial charge in [0.1, 0.15) is 21.7 Å². The normalized spacial score (nSPS) is 19.6. The zero-order chi connectivity index (χ0) is 32.4. The van der Waals surface area contributed by atoms with E-state index in [1.165, 1.54) is 12.1 Å². The van der Waals surface area contributed by atoms with Crippen molar-refractivity contribution in [3.63, 3.8) is 0 Å². The third-order valence-corrected chi connectivity index (χ3v) is 8.87. The first kappa shape index (κ1) is 31.9. The molecule has 2 saturated carbocycles. The van der Waals surface area contributed by atoms with Gasteiger partial charge >= 0.3 is 6.18 Å². The number of halogens is 9. The number of carbonyl (C=O) groups excluding carboxylic acids is 3. The van der Waals surface area contributed by atoms with Gasteiger partial charge in [-0.25, -0.2) is 13.2 Å². The Balaban J connectivity index is 1.32. The van der Waals surface area contributed by atoms with E-state index in [2.05, 4.69) is 16.0 Å². The van der Waals surface area contributed by atoms with E-state index in [-0.39, 0.29) is 21.8 Å². The van der Waals surface area contributed by atoms with Gasteiger partial charge in [-0.15, -0.1) is 23.2 Å². The van der Waals surface area contributed by atoms with Crippen LogP contribution in [0.5, 0.6) is 0 Å². The Morgan fingerprint density at radius 1 is 0.886 bits per heavy atom. The number of nitrogens with one attached hydrogen (secondary N) is 3. The van der Waals surface area contributed by atoms with Crippen molar-refractivity contribution in [1.82, 2.24) is 0 Å². The van der Waals surface area contributed by atoms with E-state index in [4.69, 9.17) is 34.8 Å². The lowest BCUT2D eigenvalue weighted by Crippen LogP contribution is -2.23. The molecule has 2 atom stereocenters. The summed E-state index contributed by atoms with van der Waals surface area (Å²) in [5, 5.41) is 6.81. The molecule has 0 unspecified atom stereocenters. The molecule has 44 heavy (non-hydrogen) atoms. The molecule has 15 heteroatoms. The van der Waals surface area contributed by atoms with Crippen molar-refractivity contribution in [3.05, 3.63) is 87.7 Å². The van der Waals surface area contributed by atoms with E-state index >= 15 is 4.39 Å². The van der Waals surface area contributed by atoms with Crippen LogP contribution in [-0.2, 0) is 15.8 Å². The van der Waals surface area contributed by atoms with Crippen molar-refractivity contribution in [2.75, 3.05) is 16.0 Å². The molecule has 0 saturated heterocycles. The molecule has 232 valence electrons. The van der Waals surface area contributed by atoms with E-state index in [1.54, 1.807) is 6.92 Å². The minimum absolute atomic E-state index is 0.000345. The largest absolute Gasteiger partial charge is 0.419 e. The van der Waals surface area contributed by atoms with Gasteiger partial charge < -0.3 is 16.0 Å². The maximum Gasteiger partial charge on any atom is 0.419 e. The second-order valence-electron chi connectivity index (χ2n) is 10.8. The van der Waals surface area contributed by atoms with Gasteiger partial charge in [0, 0.05) is 17.0 Å². The average Bonchev–Trinajstić information content (AvgIpc) is 3.83. The average molecular weight is 679 g/mol. The molecule has 2 aliphatic rings. The fraction of sp³-hybridized carbons (Fsp3) is 0.276. The molecule has 2 fully saturated rings. The number of benzene rings is 3. The monoisotopic (exact) mass is 677 g/mol. The summed E-state index contributed by atoms with van der Waals surface area (Å²) in [6.07, 6.45) is -3.86. The second-order valence-corrected chi connectivity index (χ2v) is 12.7. The highest BCUT2D eigenvalue weighted by atomic mass is 35.5. The van der Waals surface area contributed by atoms with Crippen LogP contribution in [0, 0.1) is 28.8 Å². The van der Waals surface area contributed by atoms with Gasteiger partial charge in [0.2, 0.25) is 11.8 Å². The van der Waals surface area contributed by atoms with Crippen LogP contribution in [0.15, 0.2) is 48.5 Å². The number of anilines is 3. The molecule has 6 nitrogen and oxygen atoms in total. The van der Waals surface area contributed by atoms with Gasteiger partial charge in [-0.1, -0.05) is 24.6 Å². The van der Waals surface area contributed by atoms with E-state index in [1.807, 2.05) is 0 Å². The molecule has 0 bridgehead atoms. The van der Waals surface area contributed by atoms with Gasteiger partial charge in [-0.3, -0.25) is 14.4 Å². The first-order valence-electron chi connectivity index (χ1n) is 12.9. The van der Waals surface area contributed by atoms with Crippen LogP contribution >= 0.6 is 34.8 Å². The smallest absolute Gasteiger partial charge is 0.326 e. The van der Waals surface area contributed by atoms with E-state index < -0.39 is 79.9 Å². The third kappa shape index (κ3) is 6.07. The summed E-state index contributed by atoms with van der Waals surface area (Å²) in [7, 11) is 0. The van der Waals surface area contributed by atoms with Crippen LogP contribution in [-0.4, -0.2) is 22.1 Å². The maximum absolute atomic E-state index is 15.1. The first-order chi connectivity index (χ1) is 20.4. The van der Waals surface area contributed by atoms with Crippen molar-refractivity contribution in [2.24, 2.45) is 11.3 Å². The van der Waals surface area contributed by atoms with Crippen LogP contribution in [0.1, 0.15) is 47.2 Å². The minimum Gasteiger partial charge on any atom is -0.326 e. The Bertz CT molecular complexity index is 1710. The fourth-order valence-electron chi connectivity index (χ4n) is 4.65. The predicted molar refractivity (Wildman–Crippen MR) is 152 cm³/mol. The summed E-state index contributed by atoms with van der Waals surface area (Å²) < 4.78 is 81.0. The Kier molecular flexibility index (Phi) is 8.09. The quantitative estimate of drug-likeness (QED) is 0.174. The standard InChI is InChI=1S/C29H20Cl3F6N3O3/c1-27(8-9-27)26(44)41-23-18(34)6-7-19(22(23)35)40-24(42)14-11-13(3-4-16(14)30)39-25(43)21-20(28(21,31)32)12-2-5-17(33)15(10-12)29(36,37)38/h2-7,10-11,20-21H,8-9H2,1H3,(H,39,43)(H,40,42)(H,41,44)/t20-,21+/m0/s1. The molecular formula is C29H20Cl3F6N3O3. The third-order valence-electron chi connectivity index (χ3n) is 7.60. The van der Waals surface area contributed by atoms with Crippen LogP contribution in [0.25, 0.3) is 0 Å². The molecule has 3 N–H and O–H groups in total. The van der Waals surface area contributed by atoms with E-state index in [9.17, 15) is 36.3 Å². The summed E-state index contributed by atoms with van der Waals surface area (Å²) in [5.41, 5.74) is -3.82. The zero-order valence-corrected chi connectivity index (χ0v) is 24.6. The topological polar surface area (TPSA) is 87.3 Å². The number of hydrogen-bond acceptors (Lipinski definition) is 3. The summed E-state index contributed by atoms with van der Waals surface area (Å²) in [6, 6.07) is 7.68. The summed E-state index contributed by atoms with van der Waals surface area (Å²) in [6.45, 7) is 1.65. The summed E-state index contributed by atoms with van der Waals surface area (Å²) in [4.78, 5) is 38.4. The molecule has 0 heterocycles. The fourth-order valence-corrected chi connectivity index (χ4v) is 5.68. The molecule has 0 radical (unpaired) electrons. The van der Waals surface area contributed by atoms with Crippen molar-refractivity contribution in [1.29, 1.82) is 0 Å². The Morgan fingerprint density at radius 3 is 2.18 bits per heavy atom. The molecule has 5 rings (SSSR count). The number of carbonyl (C=O) groups is 3. The number of amides is 3. The highest BCUT2D eigenvalue weighted by Crippen LogP contribution is 2.65. The highest BCUT2D eigenvalue weighted by molar-refractivity contribution is 6.53. The van der Waals surface area contributed by atoms with Crippen LogP contribution in [0.2, 0.25) is 5.02 Å². The van der Waals surface area contributed by atoms with Gasteiger partial charge in [0.25, 0.3) is 5.91 Å². The minimum atomic E-state index is -4.99. The van der Waals surface area contributed by atoms with Crippen LogP contribution in [0.4, 0.5) is 43.4 Å². The first-order valence-corrected chi connectivity index (χ1v) is 14.0. The van der Waals surface area contributed by atoms with E-state index in [0.29, 0.717) is 25.0 Å². The van der Waals surface area contributed by atoms with E-state index in [0.717, 1.165) is 24.3 Å². The van der Waals surface area contributed by atoms with Crippen LogP contribution < -0.4 is 16.0 Å². The lowest BCUT2D eigenvalue weighted by atomic mass is 10.0. The Hall–Kier alpha value is -3.48. The Labute approximate surface area is 261 Å². The molecule has 3 aromatic rings. The molecule has 3 aromatic carbocycles. The van der Waals surface area contributed by atoms with Crippen molar-refractivity contribution in [2.45, 2.75) is 36.2 Å². The maximum atomic E-state index is 15.1. The van der Waals surface area contributed by atoms with Gasteiger partial charge in [0.15, 0.2) is 5.82 Å². The summed E-state index contributed by atoms with van der Waals surface area (Å²) in [5.74, 6) is -8.48.